The summed E-state index contributed by atoms with van der Waals surface area (Å²) in [6.45, 7) is 2.11. The summed E-state index contributed by atoms with van der Waals surface area (Å²) < 4.78 is 6.64. The number of halogens is 1. The Morgan fingerprint density at radius 3 is 2.68 bits per heavy atom. The Morgan fingerprint density at radius 1 is 1.13 bits per heavy atom. The normalized spacial score (nSPS) is 14.2. The fourth-order valence-electron chi connectivity index (χ4n) is 3.36. The number of hydrogen-bond acceptors (Lipinski definition) is 7. The van der Waals surface area contributed by atoms with Gasteiger partial charge in [-0.1, -0.05) is 35.1 Å². The van der Waals surface area contributed by atoms with E-state index in [-0.39, 0.29) is 11.6 Å². The summed E-state index contributed by atoms with van der Waals surface area (Å²) in [6.07, 6.45) is 1.56. The van der Waals surface area contributed by atoms with Gasteiger partial charge in [0, 0.05) is 32.2 Å². The van der Waals surface area contributed by atoms with Crippen LogP contribution in [0.5, 0.6) is 0 Å². The molecule has 5 rings (SSSR count). The zero-order chi connectivity index (χ0) is 21.4. The number of anilines is 2. The van der Waals surface area contributed by atoms with E-state index in [4.69, 9.17) is 16.0 Å². The van der Waals surface area contributed by atoms with Crippen molar-refractivity contribution in [1.82, 2.24) is 19.5 Å². The van der Waals surface area contributed by atoms with Gasteiger partial charge in [0.05, 0.1) is 17.0 Å². The molecule has 1 saturated heterocycles. The number of benzene rings is 1. The van der Waals surface area contributed by atoms with Crippen LogP contribution in [0.3, 0.4) is 0 Å². The molecular formula is C20H17ClN6O3S. The Labute approximate surface area is 185 Å². The van der Waals surface area contributed by atoms with E-state index in [9.17, 15) is 9.59 Å². The van der Waals surface area contributed by atoms with Crippen LogP contribution in [-0.2, 0) is 0 Å². The molecule has 9 nitrogen and oxygen atoms in total. The first kappa shape index (κ1) is 19.6. The van der Waals surface area contributed by atoms with Gasteiger partial charge in [-0.2, -0.15) is 4.52 Å². The number of piperazine rings is 1. The number of carbonyl (C=O) groups excluding carboxylic acids is 1. The molecule has 0 atom stereocenters. The van der Waals surface area contributed by atoms with Gasteiger partial charge < -0.3 is 19.5 Å². The van der Waals surface area contributed by atoms with Crippen molar-refractivity contribution in [2.75, 3.05) is 36.4 Å². The van der Waals surface area contributed by atoms with Crippen LogP contribution in [0.1, 0.15) is 0 Å². The number of carbonyl (C=O) groups is 1. The Balaban J connectivity index is 1.29. The van der Waals surface area contributed by atoms with Gasteiger partial charge in [-0.25, -0.2) is 9.78 Å². The number of nitrogens with one attached hydrogen (secondary N) is 1. The van der Waals surface area contributed by atoms with E-state index in [1.807, 2.05) is 17.0 Å². The molecule has 0 aliphatic carbocycles. The SMILES string of the molecule is O=C(Nc1ccccc1Cl)N1CCN(c2cc(=O)n3nc(-c4ccco4)sc3n2)CC1. The zero-order valence-corrected chi connectivity index (χ0v) is 17.8. The minimum Gasteiger partial charge on any atom is -0.462 e. The van der Waals surface area contributed by atoms with E-state index in [2.05, 4.69) is 15.4 Å². The summed E-state index contributed by atoms with van der Waals surface area (Å²) in [4.78, 5) is 33.9. The summed E-state index contributed by atoms with van der Waals surface area (Å²) in [7, 11) is 0. The maximum Gasteiger partial charge on any atom is 0.322 e. The van der Waals surface area contributed by atoms with Gasteiger partial charge >= 0.3 is 6.03 Å². The van der Waals surface area contributed by atoms with Crippen molar-refractivity contribution in [2.45, 2.75) is 0 Å². The van der Waals surface area contributed by atoms with E-state index >= 15 is 0 Å². The highest BCUT2D eigenvalue weighted by Crippen LogP contribution is 2.26. The van der Waals surface area contributed by atoms with E-state index in [1.54, 1.807) is 35.4 Å². The van der Waals surface area contributed by atoms with Gasteiger partial charge in [0.2, 0.25) is 4.96 Å². The maximum atomic E-state index is 12.6. The smallest absolute Gasteiger partial charge is 0.322 e. The molecule has 1 aliphatic heterocycles. The van der Waals surface area contributed by atoms with Crippen LogP contribution in [0, 0.1) is 0 Å². The lowest BCUT2D eigenvalue weighted by Gasteiger charge is -2.35. The molecule has 1 aromatic carbocycles. The highest BCUT2D eigenvalue weighted by atomic mass is 35.5. The Morgan fingerprint density at radius 2 is 1.94 bits per heavy atom. The molecular weight excluding hydrogens is 440 g/mol. The fraction of sp³-hybridized carbons (Fsp3) is 0.200. The molecule has 31 heavy (non-hydrogen) atoms. The van der Waals surface area contributed by atoms with Gasteiger partial charge in [-0.15, -0.1) is 5.10 Å². The van der Waals surface area contributed by atoms with Crippen molar-refractivity contribution < 1.29 is 9.21 Å². The van der Waals surface area contributed by atoms with E-state index in [1.165, 1.54) is 21.9 Å². The lowest BCUT2D eigenvalue weighted by molar-refractivity contribution is 0.208. The Hall–Kier alpha value is -3.37. The molecule has 11 heteroatoms. The first-order valence-corrected chi connectivity index (χ1v) is 10.8. The second-order valence-corrected chi connectivity index (χ2v) is 8.28. The summed E-state index contributed by atoms with van der Waals surface area (Å²) in [5, 5.41) is 8.22. The molecule has 4 aromatic rings. The summed E-state index contributed by atoms with van der Waals surface area (Å²) in [6, 6.07) is 11.9. The number of rotatable bonds is 3. The largest absolute Gasteiger partial charge is 0.462 e. The average molecular weight is 457 g/mol. The summed E-state index contributed by atoms with van der Waals surface area (Å²) in [5.74, 6) is 1.17. The van der Waals surface area contributed by atoms with Crippen molar-refractivity contribution >= 4 is 45.4 Å². The third-order valence-electron chi connectivity index (χ3n) is 4.97. The van der Waals surface area contributed by atoms with Crippen molar-refractivity contribution in [2.24, 2.45) is 0 Å². The second-order valence-electron chi connectivity index (χ2n) is 6.92. The lowest BCUT2D eigenvalue weighted by Crippen LogP contribution is -2.50. The topological polar surface area (TPSA) is 96.0 Å². The first-order chi connectivity index (χ1) is 15.1. The van der Waals surface area contributed by atoms with Crippen molar-refractivity contribution in [3.05, 3.63) is 64.1 Å². The van der Waals surface area contributed by atoms with Gasteiger partial charge in [0.15, 0.2) is 10.8 Å². The van der Waals surface area contributed by atoms with Crippen LogP contribution < -0.4 is 15.8 Å². The Bertz CT molecular complexity index is 1290. The summed E-state index contributed by atoms with van der Waals surface area (Å²) in [5.41, 5.74) is 0.322. The van der Waals surface area contributed by atoms with Crippen LogP contribution in [0.25, 0.3) is 15.7 Å². The highest BCUT2D eigenvalue weighted by Gasteiger charge is 2.23. The van der Waals surface area contributed by atoms with E-state index in [0.717, 1.165) is 0 Å². The molecule has 0 radical (unpaired) electrons. The quantitative estimate of drug-likeness (QED) is 0.507. The molecule has 0 bridgehead atoms. The summed E-state index contributed by atoms with van der Waals surface area (Å²) >= 11 is 7.40. The van der Waals surface area contributed by atoms with Gasteiger partial charge in [-0.3, -0.25) is 4.79 Å². The van der Waals surface area contributed by atoms with Crippen molar-refractivity contribution in [3.63, 3.8) is 0 Å². The van der Waals surface area contributed by atoms with Gasteiger partial charge in [0.1, 0.15) is 5.82 Å². The van der Waals surface area contributed by atoms with Crippen LogP contribution in [0.15, 0.2) is 57.9 Å². The van der Waals surface area contributed by atoms with Gasteiger partial charge in [-0.05, 0) is 24.3 Å². The third-order valence-corrected chi connectivity index (χ3v) is 6.22. The molecule has 0 saturated carbocycles. The first-order valence-electron chi connectivity index (χ1n) is 9.59. The number of furan rings is 1. The number of amides is 2. The lowest BCUT2D eigenvalue weighted by atomic mass is 10.3. The molecule has 2 amide bonds. The number of fused-ring (bicyclic) bond motifs is 1. The monoisotopic (exact) mass is 456 g/mol. The molecule has 0 spiro atoms. The molecule has 3 aromatic heterocycles. The average Bonchev–Trinajstić information content (AvgIpc) is 3.45. The molecule has 1 aliphatic rings. The predicted octanol–water partition coefficient (Wildman–Crippen LogP) is 3.42. The van der Waals surface area contributed by atoms with Crippen LogP contribution >= 0.6 is 22.9 Å². The highest BCUT2D eigenvalue weighted by molar-refractivity contribution is 7.19. The van der Waals surface area contributed by atoms with Gasteiger partial charge in [0.25, 0.3) is 5.56 Å². The molecule has 1 N–H and O–H groups in total. The number of para-hydroxylation sites is 1. The van der Waals surface area contributed by atoms with Crippen LogP contribution in [0.2, 0.25) is 5.02 Å². The predicted molar refractivity (Wildman–Crippen MR) is 119 cm³/mol. The number of hydrogen-bond donors (Lipinski definition) is 1. The number of nitrogens with zero attached hydrogens (tertiary/aromatic N) is 5. The van der Waals surface area contributed by atoms with E-state index < -0.39 is 0 Å². The zero-order valence-electron chi connectivity index (χ0n) is 16.2. The third kappa shape index (κ3) is 3.87. The molecule has 1 fully saturated rings. The second kappa shape index (κ2) is 8.05. The molecule has 4 heterocycles. The maximum absolute atomic E-state index is 12.6. The van der Waals surface area contributed by atoms with Crippen LogP contribution in [-0.4, -0.2) is 51.7 Å². The standard InChI is InChI=1S/C20H17ClN6O3S/c21-13-4-1-2-5-14(13)22-19(29)26-9-7-25(8-10-26)16-12-17(28)27-20(23-16)31-18(24-27)15-6-3-11-30-15/h1-6,11-12H,7-10H2,(H,22,29). The minimum absolute atomic E-state index is 0.207. The molecule has 0 unspecified atom stereocenters. The van der Waals surface area contributed by atoms with E-state index in [0.29, 0.717) is 58.4 Å². The minimum atomic E-state index is -0.257. The van der Waals surface area contributed by atoms with Crippen LogP contribution in [0.4, 0.5) is 16.3 Å². The fourth-order valence-corrected chi connectivity index (χ4v) is 4.41. The van der Waals surface area contributed by atoms with Crippen molar-refractivity contribution in [1.29, 1.82) is 0 Å². The molecule has 158 valence electrons. The van der Waals surface area contributed by atoms with Crippen molar-refractivity contribution in [3.8, 4) is 10.8 Å². The number of aromatic nitrogens is 3. The Kier molecular flexibility index (Phi) is 5.08. The number of urea groups is 1.